The van der Waals surface area contributed by atoms with Crippen LogP contribution in [0.3, 0.4) is 0 Å². The van der Waals surface area contributed by atoms with E-state index in [9.17, 15) is 4.79 Å². The average molecular weight is 170 g/mol. The predicted molar refractivity (Wildman–Crippen MR) is 42.0 cm³/mol. The van der Waals surface area contributed by atoms with Crippen LogP contribution in [0, 0.1) is 5.41 Å². The van der Waals surface area contributed by atoms with Crippen molar-refractivity contribution < 1.29 is 9.63 Å². The van der Waals surface area contributed by atoms with Crippen molar-refractivity contribution in [3.8, 4) is 0 Å². The van der Waals surface area contributed by atoms with Gasteiger partial charge in [-0.3, -0.25) is 5.41 Å². The monoisotopic (exact) mass is 170 g/mol. The molecule has 0 aromatic carbocycles. The van der Waals surface area contributed by atoms with Crippen LogP contribution in [-0.2, 0) is 9.63 Å². The first kappa shape index (κ1) is 13.3. The molecule has 0 atom stereocenters. The SMILES string of the molecule is CN(CC(=O)ON)C(=N)N.[NaH]. The summed E-state index contributed by atoms with van der Waals surface area (Å²) in [6.07, 6.45) is 0. The molecular formula is C4H11N4NaO2. The Hall–Kier alpha value is -0.300. The van der Waals surface area contributed by atoms with Crippen molar-refractivity contribution in [2.75, 3.05) is 13.6 Å². The summed E-state index contributed by atoms with van der Waals surface area (Å²) in [7, 11) is 1.49. The number of hydrogen-bond donors (Lipinski definition) is 3. The van der Waals surface area contributed by atoms with E-state index in [-0.39, 0.29) is 42.1 Å². The summed E-state index contributed by atoms with van der Waals surface area (Å²) in [4.78, 5) is 15.4. The number of carbonyl (C=O) groups is 1. The number of rotatable bonds is 2. The Morgan fingerprint density at radius 3 is 2.45 bits per heavy atom. The van der Waals surface area contributed by atoms with Gasteiger partial charge in [-0.15, -0.1) is 0 Å². The third kappa shape index (κ3) is 6.11. The molecule has 7 heteroatoms. The fraction of sp³-hybridized carbons (Fsp3) is 0.500. The standard InChI is InChI=1S/C4H10N4O2.Na.H/c1-8(4(5)6)2-3(9)10-7;;/h2,7H2,1H3,(H3,5,6);;. The van der Waals surface area contributed by atoms with E-state index in [1.54, 1.807) is 0 Å². The minimum atomic E-state index is -0.627. The first-order valence-electron chi connectivity index (χ1n) is 2.52. The van der Waals surface area contributed by atoms with Crippen molar-refractivity contribution in [1.82, 2.24) is 4.90 Å². The fourth-order valence-corrected chi connectivity index (χ4v) is 0.316. The second-order valence-corrected chi connectivity index (χ2v) is 1.73. The molecule has 0 spiro atoms. The molecule has 0 aliphatic rings. The van der Waals surface area contributed by atoms with Crippen molar-refractivity contribution in [2.24, 2.45) is 11.6 Å². The topological polar surface area (TPSA) is 105 Å². The molecule has 0 aromatic rings. The van der Waals surface area contributed by atoms with Gasteiger partial charge in [0.1, 0.15) is 6.54 Å². The molecule has 0 saturated heterocycles. The summed E-state index contributed by atoms with van der Waals surface area (Å²) < 4.78 is 0. The van der Waals surface area contributed by atoms with Crippen molar-refractivity contribution >= 4 is 41.5 Å². The average Bonchev–Trinajstić information content (AvgIpc) is 1.87. The van der Waals surface area contributed by atoms with Crippen molar-refractivity contribution in [2.45, 2.75) is 0 Å². The van der Waals surface area contributed by atoms with Crippen LogP contribution in [-0.4, -0.2) is 60.0 Å². The molecule has 0 heterocycles. The Kier molecular flexibility index (Phi) is 7.75. The zero-order chi connectivity index (χ0) is 8.15. The van der Waals surface area contributed by atoms with Gasteiger partial charge in [-0.1, -0.05) is 0 Å². The van der Waals surface area contributed by atoms with Crippen molar-refractivity contribution in [3.05, 3.63) is 0 Å². The van der Waals surface area contributed by atoms with Gasteiger partial charge in [-0.05, 0) is 0 Å². The van der Waals surface area contributed by atoms with Gasteiger partial charge in [0, 0.05) is 7.05 Å². The Morgan fingerprint density at radius 2 is 2.18 bits per heavy atom. The van der Waals surface area contributed by atoms with Crippen LogP contribution in [0.4, 0.5) is 0 Å². The molecule has 6 nitrogen and oxygen atoms in total. The van der Waals surface area contributed by atoms with E-state index in [0.29, 0.717) is 0 Å². The van der Waals surface area contributed by atoms with Crippen LogP contribution in [0.25, 0.3) is 0 Å². The quantitative estimate of drug-likeness (QED) is 0.185. The predicted octanol–water partition coefficient (Wildman–Crippen LogP) is -2.42. The third-order valence-corrected chi connectivity index (χ3v) is 0.909. The number of likely N-dealkylation sites (N-methyl/N-ethyl adjacent to an activating group) is 1. The number of nitrogens with one attached hydrogen (secondary N) is 1. The summed E-state index contributed by atoms with van der Waals surface area (Å²) in [5.41, 5.74) is 5.00. The van der Waals surface area contributed by atoms with E-state index in [2.05, 4.69) is 10.7 Å². The molecule has 0 rings (SSSR count). The summed E-state index contributed by atoms with van der Waals surface area (Å²) in [6, 6.07) is 0. The van der Waals surface area contributed by atoms with Gasteiger partial charge in [0.2, 0.25) is 0 Å². The summed E-state index contributed by atoms with van der Waals surface area (Å²) in [5, 5.41) is 6.82. The maximum atomic E-state index is 10.4. The Balaban J connectivity index is 0. The zero-order valence-corrected chi connectivity index (χ0v) is 5.63. The number of nitrogens with two attached hydrogens (primary N) is 2. The zero-order valence-electron chi connectivity index (χ0n) is 5.63. The molecule has 0 saturated carbocycles. The second kappa shape index (κ2) is 6.41. The first-order valence-corrected chi connectivity index (χ1v) is 2.52. The van der Waals surface area contributed by atoms with E-state index in [1.807, 2.05) is 0 Å². The summed E-state index contributed by atoms with van der Waals surface area (Å²) in [6.45, 7) is -0.105. The number of hydrogen-bond acceptors (Lipinski definition) is 4. The van der Waals surface area contributed by atoms with Crippen LogP contribution in [0.2, 0.25) is 0 Å². The molecule has 11 heavy (non-hydrogen) atoms. The molecule has 0 fully saturated rings. The number of guanidine groups is 1. The number of carbonyl (C=O) groups excluding carboxylic acids is 1. The van der Waals surface area contributed by atoms with E-state index in [0.717, 1.165) is 0 Å². The van der Waals surface area contributed by atoms with E-state index < -0.39 is 5.97 Å². The minimum absolute atomic E-state index is 0. The summed E-state index contributed by atoms with van der Waals surface area (Å²) >= 11 is 0. The van der Waals surface area contributed by atoms with Gasteiger partial charge in [0.15, 0.2) is 5.96 Å². The van der Waals surface area contributed by atoms with Gasteiger partial charge in [-0.25, -0.2) is 4.79 Å². The van der Waals surface area contributed by atoms with Gasteiger partial charge < -0.3 is 15.5 Å². The molecule has 0 unspecified atom stereocenters. The summed E-state index contributed by atoms with van der Waals surface area (Å²) in [5.74, 6) is 3.70. The molecule has 0 aliphatic carbocycles. The molecule has 60 valence electrons. The first-order chi connectivity index (χ1) is 4.57. The third-order valence-electron chi connectivity index (χ3n) is 0.909. The van der Waals surface area contributed by atoms with Crippen LogP contribution < -0.4 is 11.6 Å². The van der Waals surface area contributed by atoms with E-state index in [1.165, 1.54) is 11.9 Å². The molecular weight excluding hydrogens is 159 g/mol. The van der Waals surface area contributed by atoms with Crippen LogP contribution in [0.1, 0.15) is 0 Å². The Bertz CT molecular complexity index is 151. The molecule has 0 bridgehead atoms. The second-order valence-electron chi connectivity index (χ2n) is 1.73. The molecule has 0 aliphatic heterocycles. The van der Waals surface area contributed by atoms with Gasteiger partial charge in [0.25, 0.3) is 0 Å². The maximum absolute atomic E-state index is 10.4. The van der Waals surface area contributed by atoms with E-state index in [4.69, 9.17) is 11.1 Å². The van der Waals surface area contributed by atoms with E-state index >= 15 is 0 Å². The van der Waals surface area contributed by atoms with Crippen molar-refractivity contribution in [1.29, 1.82) is 5.41 Å². The van der Waals surface area contributed by atoms with Crippen LogP contribution >= 0.6 is 0 Å². The molecule has 0 radical (unpaired) electrons. The van der Waals surface area contributed by atoms with Crippen molar-refractivity contribution in [3.63, 3.8) is 0 Å². The molecule has 0 aromatic heterocycles. The van der Waals surface area contributed by atoms with Gasteiger partial charge in [-0.2, -0.15) is 5.90 Å². The number of nitrogens with zero attached hydrogens (tertiary/aromatic N) is 1. The van der Waals surface area contributed by atoms with Gasteiger partial charge in [0.05, 0.1) is 0 Å². The molecule has 0 amide bonds. The normalized spacial score (nSPS) is 7.82. The fourth-order valence-electron chi connectivity index (χ4n) is 0.316. The Labute approximate surface area is 86.6 Å². The Morgan fingerprint density at radius 1 is 1.73 bits per heavy atom. The van der Waals surface area contributed by atoms with Crippen LogP contribution in [0.15, 0.2) is 0 Å². The van der Waals surface area contributed by atoms with Gasteiger partial charge >= 0.3 is 35.5 Å². The molecule has 5 N–H and O–H groups in total. The van der Waals surface area contributed by atoms with Crippen LogP contribution in [0.5, 0.6) is 0 Å².